The Morgan fingerprint density at radius 2 is 1.77 bits per heavy atom. The van der Waals surface area contributed by atoms with Crippen molar-refractivity contribution in [3.05, 3.63) is 23.8 Å². The van der Waals surface area contributed by atoms with E-state index in [4.69, 9.17) is 5.11 Å². The molecule has 6 nitrogen and oxygen atoms in total. The topological polar surface area (TPSA) is 101 Å². The monoisotopic (exact) mass is 330 g/mol. The minimum absolute atomic E-state index is 0.363. The lowest BCUT2D eigenvalue weighted by molar-refractivity contribution is 0.143. The molecule has 1 aromatic rings. The van der Waals surface area contributed by atoms with Gasteiger partial charge in [-0.1, -0.05) is 51.2 Å². The van der Waals surface area contributed by atoms with E-state index < -0.39 is 21.2 Å². The number of ether oxygens (including phenoxy) is 1. The van der Waals surface area contributed by atoms with E-state index in [0.29, 0.717) is 12.0 Å². The zero-order valence-electron chi connectivity index (χ0n) is 12.6. The highest BCUT2D eigenvalue weighted by Gasteiger charge is 2.22. The van der Waals surface area contributed by atoms with Gasteiger partial charge in [0, 0.05) is 0 Å². The molecule has 0 spiro atoms. The fourth-order valence-corrected chi connectivity index (χ4v) is 3.19. The predicted octanol–water partition coefficient (Wildman–Crippen LogP) is 3.89. The Morgan fingerprint density at radius 1 is 1.14 bits per heavy atom. The molecule has 124 valence electrons. The highest BCUT2D eigenvalue weighted by molar-refractivity contribution is 7.86. The summed E-state index contributed by atoms with van der Waals surface area (Å²) in [6, 6.07) is 4.28. The van der Waals surface area contributed by atoms with E-state index >= 15 is 0 Å². The van der Waals surface area contributed by atoms with Crippen LogP contribution in [0.25, 0.3) is 0 Å². The van der Waals surface area contributed by atoms with Crippen LogP contribution in [0, 0.1) is 0 Å². The Morgan fingerprint density at radius 3 is 2.36 bits per heavy atom. The van der Waals surface area contributed by atoms with E-state index in [9.17, 15) is 17.8 Å². The molecule has 2 N–H and O–H groups in total. The van der Waals surface area contributed by atoms with E-state index in [1.54, 1.807) is 6.07 Å². The van der Waals surface area contributed by atoms with Crippen LogP contribution in [0.3, 0.4) is 0 Å². The quantitative estimate of drug-likeness (QED) is 0.308. The number of carboxylic acid groups (broad SMARTS) is 1. The fraction of sp³-hybridized carbons (Fsp3) is 0.533. The zero-order chi connectivity index (χ0) is 16.6. The molecular formula is C15H22O6S. The number of rotatable bonds is 9. The van der Waals surface area contributed by atoms with Crippen LogP contribution in [0.15, 0.2) is 23.1 Å². The van der Waals surface area contributed by atoms with Crippen molar-refractivity contribution >= 4 is 16.3 Å². The molecule has 1 rings (SSSR count). The standard InChI is InChI=1S/C15H22O6S/c1-2-3-4-5-6-7-9-12-10-8-11-13(21-15(16)17)14(12)22(18,19)20/h8,10-11H,2-7,9H2,1H3,(H,16,17)(H,18,19,20). The molecule has 0 fully saturated rings. The van der Waals surface area contributed by atoms with Crippen LogP contribution in [-0.4, -0.2) is 24.2 Å². The first kappa shape index (κ1) is 18.4. The Kier molecular flexibility index (Phi) is 7.34. The summed E-state index contributed by atoms with van der Waals surface area (Å²) in [6.45, 7) is 2.13. The van der Waals surface area contributed by atoms with Crippen molar-refractivity contribution in [1.82, 2.24) is 0 Å². The predicted molar refractivity (Wildman–Crippen MR) is 82.0 cm³/mol. The van der Waals surface area contributed by atoms with E-state index in [0.717, 1.165) is 32.1 Å². The summed E-state index contributed by atoms with van der Waals surface area (Å²) < 4.78 is 36.8. The van der Waals surface area contributed by atoms with Gasteiger partial charge in [0.2, 0.25) is 0 Å². The van der Waals surface area contributed by atoms with Gasteiger partial charge in [-0.3, -0.25) is 4.55 Å². The van der Waals surface area contributed by atoms with E-state index in [1.807, 2.05) is 0 Å². The minimum Gasteiger partial charge on any atom is -0.449 e. The molecule has 0 aliphatic carbocycles. The fourth-order valence-electron chi connectivity index (χ4n) is 2.32. The lowest BCUT2D eigenvalue weighted by atomic mass is 10.0. The molecule has 0 aliphatic heterocycles. The van der Waals surface area contributed by atoms with Crippen molar-refractivity contribution in [3.8, 4) is 5.75 Å². The number of carbonyl (C=O) groups is 1. The second-order valence-corrected chi connectivity index (χ2v) is 6.46. The van der Waals surface area contributed by atoms with E-state index in [-0.39, 0.29) is 5.75 Å². The van der Waals surface area contributed by atoms with Crippen molar-refractivity contribution in [2.75, 3.05) is 0 Å². The lowest BCUT2D eigenvalue weighted by Gasteiger charge is -2.11. The molecule has 0 heterocycles. The van der Waals surface area contributed by atoms with Crippen LogP contribution in [0.5, 0.6) is 5.75 Å². The molecular weight excluding hydrogens is 308 g/mol. The average molecular weight is 330 g/mol. The van der Waals surface area contributed by atoms with Crippen molar-refractivity contribution in [2.45, 2.75) is 56.8 Å². The molecule has 0 aliphatic rings. The maximum atomic E-state index is 11.5. The molecule has 0 atom stereocenters. The molecule has 0 bridgehead atoms. The molecule has 0 radical (unpaired) electrons. The number of aryl methyl sites for hydroxylation is 1. The second-order valence-electron chi connectivity index (χ2n) is 5.11. The Bertz CT molecular complexity index is 594. The maximum absolute atomic E-state index is 11.5. The van der Waals surface area contributed by atoms with Crippen molar-refractivity contribution in [1.29, 1.82) is 0 Å². The van der Waals surface area contributed by atoms with Crippen LogP contribution >= 0.6 is 0 Å². The first-order valence-corrected chi connectivity index (χ1v) is 8.80. The van der Waals surface area contributed by atoms with Crippen molar-refractivity contribution in [3.63, 3.8) is 0 Å². The molecule has 0 unspecified atom stereocenters. The second kappa shape index (κ2) is 8.75. The summed E-state index contributed by atoms with van der Waals surface area (Å²) in [5.41, 5.74) is 0.372. The molecule has 22 heavy (non-hydrogen) atoms. The normalized spacial score (nSPS) is 11.4. The molecule has 0 saturated heterocycles. The summed E-state index contributed by atoms with van der Waals surface area (Å²) in [4.78, 5) is 10.2. The van der Waals surface area contributed by atoms with Gasteiger partial charge in [0.1, 0.15) is 4.90 Å². The zero-order valence-corrected chi connectivity index (χ0v) is 13.4. The Balaban J connectivity index is 2.83. The van der Waals surface area contributed by atoms with Crippen molar-refractivity contribution < 1.29 is 27.6 Å². The molecule has 0 amide bonds. The van der Waals surface area contributed by atoms with Gasteiger partial charge in [0.15, 0.2) is 5.75 Å². The SMILES string of the molecule is CCCCCCCCc1cccc(OC(=O)O)c1S(=O)(=O)O. The van der Waals surface area contributed by atoms with Gasteiger partial charge in [0.05, 0.1) is 0 Å². The number of hydrogen-bond donors (Lipinski definition) is 2. The van der Waals surface area contributed by atoms with Crippen LogP contribution in [0.2, 0.25) is 0 Å². The van der Waals surface area contributed by atoms with Crippen LogP contribution in [0.1, 0.15) is 51.0 Å². The number of benzene rings is 1. The van der Waals surface area contributed by atoms with Crippen LogP contribution in [-0.2, 0) is 16.5 Å². The van der Waals surface area contributed by atoms with Gasteiger partial charge in [-0.15, -0.1) is 0 Å². The summed E-state index contributed by atoms with van der Waals surface area (Å²) in [5.74, 6) is -0.363. The third-order valence-corrected chi connectivity index (χ3v) is 4.29. The smallest absolute Gasteiger partial charge is 0.449 e. The molecule has 0 aromatic heterocycles. The Labute approximate surface area is 130 Å². The third-order valence-electron chi connectivity index (χ3n) is 3.32. The average Bonchev–Trinajstić information content (AvgIpc) is 2.40. The largest absolute Gasteiger partial charge is 0.511 e. The molecule has 7 heteroatoms. The first-order chi connectivity index (χ1) is 10.4. The number of hydrogen-bond acceptors (Lipinski definition) is 4. The van der Waals surface area contributed by atoms with Crippen LogP contribution < -0.4 is 4.74 Å². The van der Waals surface area contributed by atoms with E-state index in [2.05, 4.69) is 11.7 Å². The third kappa shape index (κ3) is 6.03. The highest BCUT2D eigenvalue weighted by Crippen LogP contribution is 2.29. The van der Waals surface area contributed by atoms with Gasteiger partial charge in [0.25, 0.3) is 10.1 Å². The summed E-state index contributed by atoms with van der Waals surface area (Å²) in [7, 11) is -4.55. The minimum atomic E-state index is -4.55. The molecule has 0 saturated carbocycles. The lowest BCUT2D eigenvalue weighted by Crippen LogP contribution is -2.10. The van der Waals surface area contributed by atoms with Gasteiger partial charge < -0.3 is 9.84 Å². The molecule has 1 aromatic carbocycles. The summed E-state index contributed by atoms with van der Waals surface area (Å²) in [6.07, 6.45) is 5.08. The van der Waals surface area contributed by atoms with Crippen LogP contribution in [0.4, 0.5) is 4.79 Å². The summed E-state index contributed by atoms with van der Waals surface area (Å²) >= 11 is 0. The summed E-state index contributed by atoms with van der Waals surface area (Å²) in [5, 5.41) is 8.65. The van der Waals surface area contributed by atoms with Gasteiger partial charge >= 0.3 is 6.16 Å². The Hall–Kier alpha value is -1.60. The first-order valence-electron chi connectivity index (χ1n) is 7.36. The highest BCUT2D eigenvalue weighted by atomic mass is 32.2. The van der Waals surface area contributed by atoms with Gasteiger partial charge in [-0.2, -0.15) is 8.42 Å². The van der Waals surface area contributed by atoms with Crippen molar-refractivity contribution in [2.24, 2.45) is 0 Å². The van der Waals surface area contributed by atoms with Gasteiger partial charge in [-0.05, 0) is 24.5 Å². The van der Waals surface area contributed by atoms with Gasteiger partial charge in [-0.25, -0.2) is 4.79 Å². The van der Waals surface area contributed by atoms with E-state index in [1.165, 1.54) is 18.6 Å². The maximum Gasteiger partial charge on any atom is 0.511 e. The number of unbranched alkanes of at least 4 members (excludes halogenated alkanes) is 5.